The first-order valence-electron chi connectivity index (χ1n) is 4.51. The fourth-order valence-corrected chi connectivity index (χ4v) is 1.28. The fraction of sp³-hybridized carbons (Fsp3) is 0.300. The molecule has 1 aromatic carbocycles. The highest BCUT2D eigenvalue weighted by atomic mass is 79.9. The van der Waals surface area contributed by atoms with Crippen LogP contribution in [0, 0.1) is 0 Å². The van der Waals surface area contributed by atoms with Gasteiger partial charge in [-0.15, -0.1) is 0 Å². The quantitative estimate of drug-likeness (QED) is 0.723. The van der Waals surface area contributed by atoms with E-state index in [9.17, 15) is 4.79 Å². The zero-order chi connectivity index (χ0) is 11.4. The van der Waals surface area contributed by atoms with Crippen LogP contribution in [-0.2, 0) is 0 Å². The van der Waals surface area contributed by atoms with Crippen LogP contribution in [0.2, 0.25) is 0 Å². The maximum absolute atomic E-state index is 11.6. The predicted molar refractivity (Wildman–Crippen MR) is 62.6 cm³/mol. The van der Waals surface area contributed by atoms with Crippen molar-refractivity contribution in [2.45, 2.75) is 13.0 Å². The zero-order valence-corrected chi connectivity index (χ0v) is 9.91. The fourth-order valence-electron chi connectivity index (χ4n) is 1.04. The van der Waals surface area contributed by atoms with E-state index < -0.39 is 0 Å². The van der Waals surface area contributed by atoms with Crippen LogP contribution in [0.1, 0.15) is 17.3 Å². The second kappa shape index (κ2) is 5.14. The number of hydrogen-bond donors (Lipinski definition) is 3. The van der Waals surface area contributed by atoms with E-state index in [1.165, 1.54) is 0 Å². The van der Waals surface area contributed by atoms with Crippen molar-refractivity contribution >= 4 is 27.5 Å². The average Bonchev–Trinajstić information content (AvgIpc) is 2.21. The van der Waals surface area contributed by atoms with Gasteiger partial charge in [0.2, 0.25) is 0 Å². The van der Waals surface area contributed by atoms with E-state index >= 15 is 0 Å². The second-order valence-corrected chi connectivity index (χ2v) is 4.15. The summed E-state index contributed by atoms with van der Waals surface area (Å²) in [6, 6.07) is 4.71. The summed E-state index contributed by atoms with van der Waals surface area (Å²) in [5, 5.41) is 11.4. The Labute approximate surface area is 96.6 Å². The lowest BCUT2D eigenvalue weighted by Gasteiger charge is -2.11. The molecule has 1 aromatic rings. The molecule has 4 N–H and O–H groups in total. The van der Waals surface area contributed by atoms with E-state index in [1.807, 2.05) is 0 Å². The van der Waals surface area contributed by atoms with E-state index in [4.69, 9.17) is 10.8 Å². The van der Waals surface area contributed by atoms with Crippen molar-refractivity contribution in [3.05, 3.63) is 28.2 Å². The van der Waals surface area contributed by atoms with E-state index in [1.54, 1.807) is 25.1 Å². The smallest absolute Gasteiger partial charge is 0.251 e. The van der Waals surface area contributed by atoms with Crippen LogP contribution in [-0.4, -0.2) is 23.7 Å². The molecule has 15 heavy (non-hydrogen) atoms. The Morgan fingerprint density at radius 3 is 2.87 bits per heavy atom. The van der Waals surface area contributed by atoms with Gasteiger partial charge in [0.15, 0.2) is 0 Å². The van der Waals surface area contributed by atoms with Gasteiger partial charge >= 0.3 is 0 Å². The topological polar surface area (TPSA) is 75.3 Å². The number of halogens is 1. The summed E-state index contributed by atoms with van der Waals surface area (Å²) < 4.78 is 0.759. The lowest BCUT2D eigenvalue weighted by atomic mass is 10.2. The number of nitrogen functional groups attached to an aromatic ring is 1. The minimum Gasteiger partial charge on any atom is -0.398 e. The standard InChI is InChI=1S/C10H13BrN2O2/c1-6(5-14)13-10(15)7-2-3-8(11)9(12)4-7/h2-4,6,14H,5,12H2,1H3,(H,13,15)/t6-/m0/s1. The average molecular weight is 273 g/mol. The minimum atomic E-state index is -0.262. The molecule has 0 radical (unpaired) electrons. The van der Waals surface area contributed by atoms with Gasteiger partial charge < -0.3 is 16.2 Å². The van der Waals surface area contributed by atoms with E-state index in [0.29, 0.717) is 11.3 Å². The lowest BCUT2D eigenvalue weighted by molar-refractivity contribution is 0.0922. The molecule has 4 nitrogen and oxygen atoms in total. The predicted octanol–water partition coefficient (Wildman–Crippen LogP) is 1.14. The van der Waals surface area contributed by atoms with Gasteiger partial charge in [0.25, 0.3) is 5.91 Å². The van der Waals surface area contributed by atoms with Gasteiger partial charge in [-0.3, -0.25) is 4.79 Å². The van der Waals surface area contributed by atoms with Crippen molar-refractivity contribution in [2.75, 3.05) is 12.3 Å². The molecule has 0 spiro atoms. The van der Waals surface area contributed by atoms with Crippen LogP contribution < -0.4 is 11.1 Å². The third-order valence-electron chi connectivity index (χ3n) is 1.91. The molecule has 0 saturated heterocycles. The van der Waals surface area contributed by atoms with Crippen molar-refractivity contribution < 1.29 is 9.90 Å². The monoisotopic (exact) mass is 272 g/mol. The molecular weight excluding hydrogens is 260 g/mol. The molecular formula is C10H13BrN2O2. The number of benzene rings is 1. The Hall–Kier alpha value is -1.07. The Kier molecular flexibility index (Phi) is 4.11. The Morgan fingerprint density at radius 2 is 2.33 bits per heavy atom. The van der Waals surface area contributed by atoms with E-state index in [0.717, 1.165) is 4.47 Å². The number of aliphatic hydroxyl groups excluding tert-OH is 1. The molecule has 0 bridgehead atoms. The largest absolute Gasteiger partial charge is 0.398 e. The van der Waals surface area contributed by atoms with Crippen molar-refractivity contribution in [1.82, 2.24) is 5.32 Å². The lowest BCUT2D eigenvalue weighted by Crippen LogP contribution is -2.34. The summed E-state index contributed by atoms with van der Waals surface area (Å²) in [6.07, 6.45) is 0. The summed E-state index contributed by atoms with van der Waals surface area (Å²) in [6.45, 7) is 1.64. The highest BCUT2D eigenvalue weighted by molar-refractivity contribution is 9.10. The number of carbonyl (C=O) groups is 1. The molecule has 0 aliphatic rings. The molecule has 0 aliphatic carbocycles. The number of carbonyl (C=O) groups excluding carboxylic acids is 1. The summed E-state index contributed by atoms with van der Waals surface area (Å²) in [7, 11) is 0. The number of anilines is 1. The molecule has 0 aliphatic heterocycles. The minimum absolute atomic E-state index is 0.0856. The molecule has 1 rings (SSSR count). The Bertz CT molecular complexity index is 368. The van der Waals surface area contributed by atoms with Crippen LogP contribution in [0.15, 0.2) is 22.7 Å². The van der Waals surface area contributed by atoms with Gasteiger partial charge in [0, 0.05) is 21.8 Å². The van der Waals surface area contributed by atoms with Gasteiger partial charge in [0.1, 0.15) is 0 Å². The first-order chi connectivity index (χ1) is 7.04. The van der Waals surface area contributed by atoms with Gasteiger partial charge in [-0.25, -0.2) is 0 Å². The molecule has 0 unspecified atom stereocenters. The van der Waals surface area contributed by atoms with Gasteiger partial charge in [-0.1, -0.05) is 0 Å². The summed E-state index contributed by atoms with van der Waals surface area (Å²) in [5.41, 5.74) is 6.64. The molecule has 0 saturated carbocycles. The maximum atomic E-state index is 11.6. The van der Waals surface area contributed by atoms with Crippen molar-refractivity contribution in [2.24, 2.45) is 0 Å². The van der Waals surface area contributed by atoms with Crippen LogP contribution >= 0.6 is 15.9 Å². The maximum Gasteiger partial charge on any atom is 0.251 e. The van der Waals surface area contributed by atoms with Crippen molar-refractivity contribution in [3.63, 3.8) is 0 Å². The third kappa shape index (κ3) is 3.21. The molecule has 82 valence electrons. The van der Waals surface area contributed by atoms with Gasteiger partial charge in [-0.05, 0) is 41.1 Å². The SMILES string of the molecule is C[C@@H](CO)NC(=O)c1ccc(Br)c(N)c1. The summed E-state index contributed by atoms with van der Waals surface area (Å²) in [4.78, 5) is 11.6. The van der Waals surface area contributed by atoms with Crippen LogP contribution in [0.4, 0.5) is 5.69 Å². The number of hydrogen-bond acceptors (Lipinski definition) is 3. The van der Waals surface area contributed by atoms with E-state index in [2.05, 4.69) is 21.2 Å². The van der Waals surface area contributed by atoms with Crippen LogP contribution in [0.25, 0.3) is 0 Å². The number of nitrogens with one attached hydrogen (secondary N) is 1. The number of nitrogens with two attached hydrogens (primary N) is 1. The molecule has 1 atom stereocenters. The molecule has 5 heteroatoms. The number of aliphatic hydroxyl groups is 1. The first-order valence-corrected chi connectivity index (χ1v) is 5.30. The summed E-state index contributed by atoms with van der Waals surface area (Å²) >= 11 is 3.25. The van der Waals surface area contributed by atoms with Crippen molar-refractivity contribution in [1.29, 1.82) is 0 Å². The van der Waals surface area contributed by atoms with Crippen LogP contribution in [0.5, 0.6) is 0 Å². The second-order valence-electron chi connectivity index (χ2n) is 3.29. The molecule has 0 heterocycles. The van der Waals surface area contributed by atoms with Gasteiger partial charge in [0.05, 0.1) is 6.61 Å². The Balaban J connectivity index is 2.78. The number of rotatable bonds is 3. The van der Waals surface area contributed by atoms with Crippen LogP contribution in [0.3, 0.4) is 0 Å². The summed E-state index contributed by atoms with van der Waals surface area (Å²) in [5.74, 6) is -0.240. The molecule has 1 amide bonds. The number of amides is 1. The Morgan fingerprint density at radius 1 is 1.67 bits per heavy atom. The van der Waals surface area contributed by atoms with Crippen molar-refractivity contribution in [3.8, 4) is 0 Å². The first kappa shape index (κ1) is 12.0. The third-order valence-corrected chi connectivity index (χ3v) is 2.63. The highest BCUT2D eigenvalue weighted by Gasteiger charge is 2.09. The normalized spacial score (nSPS) is 12.2. The molecule has 0 fully saturated rings. The van der Waals surface area contributed by atoms with E-state index in [-0.39, 0.29) is 18.6 Å². The zero-order valence-electron chi connectivity index (χ0n) is 8.33. The molecule has 0 aromatic heterocycles. The van der Waals surface area contributed by atoms with Gasteiger partial charge in [-0.2, -0.15) is 0 Å². The highest BCUT2D eigenvalue weighted by Crippen LogP contribution is 2.20.